The van der Waals surface area contributed by atoms with Crippen LogP contribution in [0.25, 0.3) is 0 Å². The summed E-state index contributed by atoms with van der Waals surface area (Å²) in [5.74, 6) is 1.96. The van der Waals surface area contributed by atoms with E-state index in [9.17, 15) is 0 Å². The van der Waals surface area contributed by atoms with Gasteiger partial charge in [0.05, 0.1) is 0 Å². The van der Waals surface area contributed by atoms with Crippen molar-refractivity contribution in [3.8, 4) is 0 Å². The molecule has 4 atom stereocenters. The standard InChI is InChI=1S/4C5H12O.Ti/c4*1-3-5(2)4-6;/h4*5-6H,3-4H2,1-2H3;. The second-order valence-electron chi connectivity index (χ2n) is 6.78. The van der Waals surface area contributed by atoms with Crippen LogP contribution in [0, 0.1) is 23.7 Å². The van der Waals surface area contributed by atoms with Crippen LogP contribution in [0.5, 0.6) is 0 Å². The average Bonchev–Trinajstić information content (AvgIpc) is 2.66. The summed E-state index contributed by atoms with van der Waals surface area (Å²) in [6, 6.07) is 0. The Morgan fingerprint density at radius 3 is 0.560 bits per heavy atom. The quantitative estimate of drug-likeness (QED) is 0.463. The first kappa shape index (κ1) is 36.5. The third-order valence-corrected chi connectivity index (χ3v) is 4.03. The molecule has 156 valence electrons. The molecule has 0 bridgehead atoms. The maximum absolute atomic E-state index is 8.33. The predicted molar refractivity (Wildman–Crippen MR) is 106 cm³/mol. The molecule has 0 saturated heterocycles. The van der Waals surface area contributed by atoms with Crippen molar-refractivity contribution in [2.75, 3.05) is 26.4 Å². The van der Waals surface area contributed by atoms with Crippen LogP contribution in [0.15, 0.2) is 0 Å². The molecule has 0 aromatic rings. The van der Waals surface area contributed by atoms with E-state index in [4.69, 9.17) is 20.4 Å². The Morgan fingerprint density at radius 1 is 0.440 bits per heavy atom. The molecule has 0 saturated carbocycles. The third-order valence-electron chi connectivity index (χ3n) is 4.03. The Kier molecular flexibility index (Phi) is 47.0. The van der Waals surface area contributed by atoms with E-state index >= 15 is 0 Å². The molecule has 0 radical (unpaired) electrons. The molecule has 0 aromatic carbocycles. The molecular weight excluding hydrogens is 352 g/mol. The summed E-state index contributed by atoms with van der Waals surface area (Å²) >= 11 is 0. The average molecular weight is 400 g/mol. The maximum Gasteiger partial charge on any atom is 0.0456 e. The summed E-state index contributed by atoms with van der Waals surface area (Å²) in [7, 11) is 0. The van der Waals surface area contributed by atoms with Gasteiger partial charge in [-0.1, -0.05) is 81.1 Å². The maximum atomic E-state index is 8.33. The first-order chi connectivity index (χ1) is 11.2. The smallest absolute Gasteiger partial charge is 0.0456 e. The molecule has 0 fully saturated rings. The minimum atomic E-state index is 0. The Labute approximate surface area is 173 Å². The summed E-state index contributed by atoms with van der Waals surface area (Å²) in [5, 5.41) is 33.3. The number of hydrogen-bond donors (Lipinski definition) is 4. The van der Waals surface area contributed by atoms with Crippen molar-refractivity contribution in [1.82, 2.24) is 0 Å². The van der Waals surface area contributed by atoms with Crippen molar-refractivity contribution in [3.05, 3.63) is 0 Å². The van der Waals surface area contributed by atoms with Gasteiger partial charge in [-0.25, -0.2) is 0 Å². The van der Waals surface area contributed by atoms with Gasteiger partial charge in [0.15, 0.2) is 0 Å². The second-order valence-corrected chi connectivity index (χ2v) is 6.78. The van der Waals surface area contributed by atoms with Gasteiger partial charge in [-0.3, -0.25) is 0 Å². The van der Waals surface area contributed by atoms with Crippen LogP contribution < -0.4 is 0 Å². The normalized spacial score (nSPS) is 13.9. The molecule has 0 rings (SSSR count). The topological polar surface area (TPSA) is 80.9 Å². The van der Waals surface area contributed by atoms with Crippen LogP contribution in [0.3, 0.4) is 0 Å². The van der Waals surface area contributed by atoms with E-state index in [0.717, 1.165) is 25.7 Å². The van der Waals surface area contributed by atoms with Gasteiger partial charge in [-0.05, 0) is 23.7 Å². The first-order valence-corrected chi connectivity index (χ1v) is 9.67. The fourth-order valence-corrected chi connectivity index (χ4v) is 0.516. The summed E-state index contributed by atoms with van der Waals surface area (Å²) in [6.07, 6.45) is 4.32. The van der Waals surface area contributed by atoms with Crippen LogP contribution in [0.4, 0.5) is 0 Å². The zero-order valence-electron chi connectivity index (χ0n) is 18.3. The number of aliphatic hydroxyl groups is 4. The summed E-state index contributed by atoms with van der Waals surface area (Å²) < 4.78 is 0. The Morgan fingerprint density at radius 2 is 0.560 bits per heavy atom. The van der Waals surface area contributed by atoms with E-state index in [1.54, 1.807) is 0 Å². The first-order valence-electron chi connectivity index (χ1n) is 9.67. The van der Waals surface area contributed by atoms with E-state index in [1.165, 1.54) is 0 Å². The van der Waals surface area contributed by atoms with Crippen molar-refractivity contribution in [2.24, 2.45) is 23.7 Å². The van der Waals surface area contributed by atoms with Gasteiger partial charge in [0, 0.05) is 48.1 Å². The van der Waals surface area contributed by atoms with Crippen molar-refractivity contribution in [3.63, 3.8) is 0 Å². The Hall–Kier alpha value is 0.554. The van der Waals surface area contributed by atoms with Crippen LogP contribution in [0.1, 0.15) is 81.1 Å². The molecule has 0 aliphatic heterocycles. The van der Waals surface area contributed by atoms with Crippen LogP contribution in [0.2, 0.25) is 0 Å². The Balaban J connectivity index is -0.0000000702. The second kappa shape index (κ2) is 32.2. The molecule has 25 heavy (non-hydrogen) atoms. The summed E-state index contributed by atoms with van der Waals surface area (Å²) in [5.41, 5.74) is 0. The van der Waals surface area contributed by atoms with Gasteiger partial charge in [0.25, 0.3) is 0 Å². The number of rotatable bonds is 8. The van der Waals surface area contributed by atoms with E-state index in [1.807, 2.05) is 27.7 Å². The molecule has 0 aromatic heterocycles. The molecule has 0 spiro atoms. The van der Waals surface area contributed by atoms with Crippen molar-refractivity contribution < 1.29 is 42.1 Å². The fraction of sp³-hybridized carbons (Fsp3) is 1.00. The predicted octanol–water partition coefficient (Wildman–Crippen LogP) is 4.10. The van der Waals surface area contributed by atoms with E-state index in [2.05, 4.69) is 27.7 Å². The summed E-state index contributed by atoms with van der Waals surface area (Å²) in [4.78, 5) is 0. The van der Waals surface area contributed by atoms with Crippen molar-refractivity contribution in [1.29, 1.82) is 0 Å². The van der Waals surface area contributed by atoms with Crippen molar-refractivity contribution >= 4 is 0 Å². The number of hydrogen-bond acceptors (Lipinski definition) is 4. The molecule has 0 aliphatic rings. The van der Waals surface area contributed by atoms with Gasteiger partial charge in [-0.15, -0.1) is 0 Å². The fourth-order valence-electron chi connectivity index (χ4n) is 0.516. The van der Waals surface area contributed by atoms with Gasteiger partial charge in [0.1, 0.15) is 0 Å². The molecule has 0 heterocycles. The van der Waals surface area contributed by atoms with Crippen LogP contribution >= 0.6 is 0 Å². The molecule has 5 heteroatoms. The molecule has 0 amide bonds. The van der Waals surface area contributed by atoms with Crippen molar-refractivity contribution in [2.45, 2.75) is 81.1 Å². The largest absolute Gasteiger partial charge is 0.396 e. The molecule has 4 unspecified atom stereocenters. The molecular formula is C20H48O4Ti. The third kappa shape index (κ3) is 45.6. The van der Waals surface area contributed by atoms with Gasteiger partial charge in [0.2, 0.25) is 0 Å². The van der Waals surface area contributed by atoms with E-state index < -0.39 is 0 Å². The molecule has 0 aliphatic carbocycles. The van der Waals surface area contributed by atoms with Gasteiger partial charge in [-0.2, -0.15) is 0 Å². The Bertz CT molecular complexity index is 139. The summed E-state index contributed by atoms with van der Waals surface area (Å²) in [6.45, 7) is 17.7. The van der Waals surface area contributed by atoms with Gasteiger partial charge < -0.3 is 20.4 Å². The monoisotopic (exact) mass is 400 g/mol. The van der Waals surface area contributed by atoms with Crippen LogP contribution in [-0.4, -0.2) is 46.9 Å². The van der Waals surface area contributed by atoms with Gasteiger partial charge >= 0.3 is 0 Å². The van der Waals surface area contributed by atoms with Crippen LogP contribution in [-0.2, 0) is 21.7 Å². The SMILES string of the molecule is CCC(C)CO.CCC(C)CO.CCC(C)CO.CCC(C)CO.[Ti]. The molecule has 4 N–H and O–H groups in total. The zero-order chi connectivity index (χ0) is 20.0. The number of aliphatic hydroxyl groups excluding tert-OH is 4. The zero-order valence-corrected chi connectivity index (χ0v) is 19.8. The molecule has 4 nitrogen and oxygen atoms in total. The van der Waals surface area contributed by atoms with E-state index in [-0.39, 0.29) is 21.7 Å². The minimum absolute atomic E-state index is 0. The minimum Gasteiger partial charge on any atom is -0.396 e. The van der Waals surface area contributed by atoms with E-state index in [0.29, 0.717) is 50.1 Å².